The molecule has 0 bridgehead atoms. The van der Waals surface area contributed by atoms with Crippen LogP contribution in [0.3, 0.4) is 0 Å². The van der Waals surface area contributed by atoms with E-state index < -0.39 is 23.6 Å². The Morgan fingerprint density at radius 2 is 2.07 bits per heavy atom. The van der Waals surface area contributed by atoms with E-state index in [9.17, 15) is 18.4 Å². The number of nitrogens with zero attached hydrogens (tertiary/aromatic N) is 2. The van der Waals surface area contributed by atoms with E-state index in [-0.39, 0.29) is 17.2 Å². The molecule has 2 aromatic carbocycles. The highest BCUT2D eigenvalue weighted by Gasteiger charge is 2.23. The highest BCUT2D eigenvalue weighted by molar-refractivity contribution is 6.05. The van der Waals surface area contributed by atoms with Gasteiger partial charge in [0.2, 0.25) is 0 Å². The van der Waals surface area contributed by atoms with Gasteiger partial charge in [-0.15, -0.1) is 0 Å². The fourth-order valence-corrected chi connectivity index (χ4v) is 2.73. The Kier molecular flexibility index (Phi) is 4.26. The minimum atomic E-state index is -0.797. The number of ether oxygens (including phenoxy) is 1. The van der Waals surface area contributed by atoms with E-state index in [0.29, 0.717) is 17.1 Å². The number of fused-ring (bicyclic) bond motifs is 1. The first kappa shape index (κ1) is 17.7. The summed E-state index contributed by atoms with van der Waals surface area (Å²) in [5.41, 5.74) is 1.08. The third kappa shape index (κ3) is 3.29. The molecule has 1 atom stereocenters. The van der Waals surface area contributed by atoms with Gasteiger partial charge in [0, 0.05) is 18.0 Å². The zero-order chi connectivity index (χ0) is 19.8. The van der Waals surface area contributed by atoms with Gasteiger partial charge in [-0.3, -0.25) is 9.59 Å². The maximum atomic E-state index is 13.9. The minimum Gasteiger partial charge on any atom is -0.479 e. The number of carbonyl (C=O) groups is 2. The van der Waals surface area contributed by atoms with Crippen LogP contribution in [0, 0.1) is 11.6 Å². The SMILES string of the molecule is CC1Oc2ccc(NC(=O)c3cnn(-c4ccc(F)cc4F)c3)cc2NC1=O. The van der Waals surface area contributed by atoms with Crippen LogP contribution < -0.4 is 15.4 Å². The van der Waals surface area contributed by atoms with Crippen LogP contribution in [0.4, 0.5) is 20.2 Å². The Morgan fingerprint density at radius 1 is 1.25 bits per heavy atom. The van der Waals surface area contributed by atoms with Crippen molar-refractivity contribution in [3.8, 4) is 11.4 Å². The topological polar surface area (TPSA) is 85.2 Å². The Morgan fingerprint density at radius 3 is 2.86 bits per heavy atom. The van der Waals surface area contributed by atoms with Gasteiger partial charge < -0.3 is 15.4 Å². The van der Waals surface area contributed by atoms with Crippen molar-refractivity contribution in [3.05, 3.63) is 66.0 Å². The molecule has 9 heteroatoms. The van der Waals surface area contributed by atoms with E-state index in [1.807, 2.05) is 0 Å². The molecule has 0 fully saturated rings. The predicted molar refractivity (Wildman–Crippen MR) is 96.6 cm³/mol. The van der Waals surface area contributed by atoms with Gasteiger partial charge in [0.15, 0.2) is 11.9 Å². The van der Waals surface area contributed by atoms with Crippen LogP contribution in [-0.4, -0.2) is 27.7 Å². The number of amides is 2. The minimum absolute atomic E-state index is 0.0169. The number of hydrogen-bond acceptors (Lipinski definition) is 4. The van der Waals surface area contributed by atoms with Crippen LogP contribution in [0.1, 0.15) is 17.3 Å². The molecule has 3 aromatic rings. The van der Waals surface area contributed by atoms with E-state index in [0.717, 1.165) is 16.8 Å². The molecule has 1 aliphatic rings. The third-order valence-electron chi connectivity index (χ3n) is 4.17. The molecule has 1 aromatic heterocycles. The summed E-state index contributed by atoms with van der Waals surface area (Å²) in [5.74, 6) is -1.76. The molecule has 1 unspecified atom stereocenters. The van der Waals surface area contributed by atoms with Crippen molar-refractivity contribution in [2.75, 3.05) is 10.6 Å². The lowest BCUT2D eigenvalue weighted by molar-refractivity contribution is -0.122. The molecule has 0 aliphatic carbocycles. The maximum absolute atomic E-state index is 13.9. The first-order valence-corrected chi connectivity index (χ1v) is 8.34. The molecular formula is C19H14F2N4O3. The second-order valence-corrected chi connectivity index (χ2v) is 6.18. The summed E-state index contributed by atoms with van der Waals surface area (Å²) in [4.78, 5) is 24.2. The first-order chi connectivity index (χ1) is 13.4. The quantitative estimate of drug-likeness (QED) is 0.727. The Hall–Kier alpha value is -3.75. The van der Waals surface area contributed by atoms with E-state index >= 15 is 0 Å². The van der Waals surface area contributed by atoms with Crippen LogP contribution in [0.25, 0.3) is 5.69 Å². The fourth-order valence-electron chi connectivity index (χ4n) is 2.73. The van der Waals surface area contributed by atoms with Gasteiger partial charge in [-0.05, 0) is 37.3 Å². The summed E-state index contributed by atoms with van der Waals surface area (Å²) in [6, 6.07) is 7.90. The number of rotatable bonds is 3. The van der Waals surface area contributed by atoms with E-state index in [1.54, 1.807) is 25.1 Å². The van der Waals surface area contributed by atoms with Gasteiger partial charge >= 0.3 is 0 Å². The first-order valence-electron chi connectivity index (χ1n) is 8.34. The smallest absolute Gasteiger partial charge is 0.265 e. The highest BCUT2D eigenvalue weighted by Crippen LogP contribution is 2.32. The largest absolute Gasteiger partial charge is 0.479 e. The average molecular weight is 384 g/mol. The molecule has 142 valence electrons. The van der Waals surface area contributed by atoms with Crippen molar-refractivity contribution < 1.29 is 23.1 Å². The zero-order valence-corrected chi connectivity index (χ0v) is 14.6. The van der Waals surface area contributed by atoms with E-state index in [2.05, 4.69) is 15.7 Å². The van der Waals surface area contributed by atoms with Crippen molar-refractivity contribution >= 4 is 23.2 Å². The zero-order valence-electron chi connectivity index (χ0n) is 14.6. The number of anilines is 2. The molecule has 0 saturated carbocycles. The van der Waals surface area contributed by atoms with E-state index in [4.69, 9.17) is 4.74 Å². The van der Waals surface area contributed by atoms with Crippen LogP contribution >= 0.6 is 0 Å². The van der Waals surface area contributed by atoms with Crippen molar-refractivity contribution in [1.29, 1.82) is 0 Å². The molecule has 1 aliphatic heterocycles. The van der Waals surface area contributed by atoms with Gasteiger partial charge in [-0.1, -0.05) is 0 Å². The summed E-state index contributed by atoms with van der Waals surface area (Å²) in [7, 11) is 0. The van der Waals surface area contributed by atoms with Crippen LogP contribution in [-0.2, 0) is 4.79 Å². The summed E-state index contributed by atoms with van der Waals surface area (Å²) in [6.07, 6.45) is 2.00. The number of nitrogens with one attached hydrogen (secondary N) is 2. The van der Waals surface area contributed by atoms with Gasteiger partial charge in [0.25, 0.3) is 11.8 Å². The monoisotopic (exact) mass is 384 g/mol. The van der Waals surface area contributed by atoms with Crippen molar-refractivity contribution in [3.63, 3.8) is 0 Å². The molecule has 0 saturated heterocycles. The number of hydrogen-bond donors (Lipinski definition) is 2. The summed E-state index contributed by atoms with van der Waals surface area (Å²) in [6.45, 7) is 1.63. The summed E-state index contributed by atoms with van der Waals surface area (Å²) < 4.78 is 33.5. The number of carbonyl (C=O) groups excluding carboxylic acids is 2. The molecule has 2 amide bonds. The Bertz CT molecular complexity index is 1100. The molecule has 4 rings (SSSR count). The highest BCUT2D eigenvalue weighted by atomic mass is 19.1. The van der Waals surface area contributed by atoms with Gasteiger partial charge in [0.05, 0.1) is 17.4 Å². The summed E-state index contributed by atoms with van der Waals surface area (Å²) >= 11 is 0. The predicted octanol–water partition coefficient (Wildman–Crippen LogP) is 3.12. The molecule has 28 heavy (non-hydrogen) atoms. The standard InChI is InChI=1S/C19H14F2N4O3/c1-10-18(26)24-15-7-13(3-5-17(15)28-10)23-19(27)11-8-22-25(9-11)16-4-2-12(20)6-14(16)21/h2-10H,1H3,(H,23,27)(H,24,26). The normalized spacial score (nSPS) is 15.4. The lowest BCUT2D eigenvalue weighted by atomic mass is 10.2. The molecule has 0 radical (unpaired) electrons. The molecule has 0 spiro atoms. The Balaban J connectivity index is 1.53. The molecule has 7 nitrogen and oxygen atoms in total. The van der Waals surface area contributed by atoms with Crippen molar-refractivity contribution in [2.24, 2.45) is 0 Å². The number of aromatic nitrogens is 2. The summed E-state index contributed by atoms with van der Waals surface area (Å²) in [5, 5.41) is 9.31. The van der Waals surface area contributed by atoms with Gasteiger partial charge in [-0.25, -0.2) is 13.5 Å². The lowest BCUT2D eigenvalue weighted by Gasteiger charge is -2.23. The van der Waals surface area contributed by atoms with Gasteiger partial charge in [-0.2, -0.15) is 5.10 Å². The van der Waals surface area contributed by atoms with Crippen molar-refractivity contribution in [2.45, 2.75) is 13.0 Å². The van der Waals surface area contributed by atoms with Crippen LogP contribution in [0.15, 0.2) is 48.8 Å². The molecule has 2 N–H and O–H groups in total. The maximum Gasteiger partial charge on any atom is 0.265 e. The van der Waals surface area contributed by atoms with Crippen LogP contribution in [0.2, 0.25) is 0 Å². The second kappa shape index (κ2) is 6.76. The second-order valence-electron chi connectivity index (χ2n) is 6.18. The lowest BCUT2D eigenvalue weighted by Crippen LogP contribution is -2.34. The van der Waals surface area contributed by atoms with Crippen LogP contribution in [0.5, 0.6) is 5.75 Å². The number of halogens is 2. The van der Waals surface area contributed by atoms with Gasteiger partial charge in [0.1, 0.15) is 17.3 Å². The average Bonchev–Trinajstić information content (AvgIpc) is 3.13. The van der Waals surface area contributed by atoms with Crippen molar-refractivity contribution in [1.82, 2.24) is 9.78 Å². The molecule has 2 heterocycles. The fraction of sp³-hybridized carbons (Fsp3) is 0.105. The number of benzene rings is 2. The molecular weight excluding hydrogens is 370 g/mol. The third-order valence-corrected chi connectivity index (χ3v) is 4.17. The Labute approximate surface area is 157 Å². The van der Waals surface area contributed by atoms with E-state index in [1.165, 1.54) is 18.5 Å².